The summed E-state index contributed by atoms with van der Waals surface area (Å²) < 4.78 is 5.24. The minimum atomic E-state index is -0.654. The van der Waals surface area contributed by atoms with Gasteiger partial charge in [-0.25, -0.2) is 4.79 Å². The normalized spacial score (nSPS) is 15.2. The zero-order valence-electron chi connectivity index (χ0n) is 15.3. The van der Waals surface area contributed by atoms with Crippen LogP contribution >= 0.6 is 23.4 Å². The first-order valence-corrected chi connectivity index (χ1v) is 9.94. The van der Waals surface area contributed by atoms with Crippen LogP contribution in [0.1, 0.15) is 5.56 Å². The second kappa shape index (κ2) is 8.17. The lowest BCUT2D eigenvalue weighted by molar-refractivity contribution is -0.127. The van der Waals surface area contributed by atoms with E-state index in [9.17, 15) is 19.2 Å². The quantitative estimate of drug-likeness (QED) is 0.484. The Balaban J connectivity index is 1.53. The summed E-state index contributed by atoms with van der Waals surface area (Å²) in [6.07, 6.45) is 1.30. The lowest BCUT2D eigenvalue weighted by Crippen LogP contribution is -2.36. The molecule has 30 heavy (non-hydrogen) atoms. The van der Waals surface area contributed by atoms with Crippen LogP contribution in [0, 0.1) is 0 Å². The third-order valence-corrected chi connectivity index (χ3v) is 5.38. The molecule has 1 aliphatic rings. The van der Waals surface area contributed by atoms with Crippen LogP contribution in [-0.2, 0) is 9.59 Å². The van der Waals surface area contributed by atoms with Crippen molar-refractivity contribution in [2.45, 2.75) is 0 Å². The molecule has 0 spiro atoms. The van der Waals surface area contributed by atoms with Crippen LogP contribution in [0.5, 0.6) is 0 Å². The Morgan fingerprint density at radius 3 is 2.70 bits per heavy atom. The van der Waals surface area contributed by atoms with E-state index < -0.39 is 29.2 Å². The number of imide groups is 1. The van der Waals surface area contributed by atoms with Crippen LogP contribution in [0.3, 0.4) is 0 Å². The van der Waals surface area contributed by atoms with E-state index in [-0.39, 0.29) is 10.5 Å². The summed E-state index contributed by atoms with van der Waals surface area (Å²) in [5, 5.41) is 3.11. The number of halogens is 1. The molecule has 7 nitrogen and oxygen atoms in total. The molecule has 0 atom stereocenters. The predicted octanol–water partition coefficient (Wildman–Crippen LogP) is 4.12. The largest absolute Gasteiger partial charge is 0.422 e. The number of para-hydroxylation sites is 1. The van der Waals surface area contributed by atoms with E-state index in [1.54, 1.807) is 54.6 Å². The van der Waals surface area contributed by atoms with Gasteiger partial charge >= 0.3 is 5.63 Å². The number of anilines is 1. The molecule has 3 aromatic rings. The van der Waals surface area contributed by atoms with Crippen LogP contribution in [-0.4, -0.2) is 28.5 Å². The number of thioether (sulfide) groups is 1. The Labute approximate surface area is 179 Å². The van der Waals surface area contributed by atoms with Crippen molar-refractivity contribution >= 4 is 63.1 Å². The van der Waals surface area contributed by atoms with Gasteiger partial charge in [-0.2, -0.15) is 0 Å². The summed E-state index contributed by atoms with van der Waals surface area (Å²) >= 11 is 6.53. The minimum Gasteiger partial charge on any atom is -0.422 e. The maximum Gasteiger partial charge on any atom is 0.343 e. The van der Waals surface area contributed by atoms with E-state index in [0.717, 1.165) is 4.90 Å². The lowest BCUT2D eigenvalue weighted by Gasteiger charge is -2.12. The summed E-state index contributed by atoms with van der Waals surface area (Å²) in [5.74, 6) is -1.20. The summed E-state index contributed by atoms with van der Waals surface area (Å²) in [4.78, 5) is 50.2. The van der Waals surface area contributed by atoms with Gasteiger partial charge < -0.3 is 9.73 Å². The Morgan fingerprint density at radius 2 is 1.90 bits per heavy atom. The highest BCUT2D eigenvalue weighted by Gasteiger charge is 2.36. The highest BCUT2D eigenvalue weighted by atomic mass is 35.5. The highest BCUT2D eigenvalue weighted by molar-refractivity contribution is 8.18. The number of hydrogen-bond donors (Lipinski definition) is 1. The van der Waals surface area contributed by atoms with Gasteiger partial charge in [-0.15, -0.1) is 0 Å². The van der Waals surface area contributed by atoms with E-state index in [0.29, 0.717) is 33.4 Å². The summed E-state index contributed by atoms with van der Waals surface area (Å²) in [6, 6.07) is 15.0. The molecule has 1 aromatic heterocycles. The number of fused-ring (bicyclic) bond motifs is 1. The van der Waals surface area contributed by atoms with Gasteiger partial charge in [0.1, 0.15) is 12.1 Å². The molecule has 1 aliphatic heterocycles. The molecule has 1 N–H and O–H groups in total. The fraction of sp³-hybridized carbons (Fsp3) is 0.0476. The third kappa shape index (κ3) is 4.14. The number of rotatable bonds is 4. The molecular formula is C21H13ClN2O5S. The number of hydrogen-bond acceptors (Lipinski definition) is 6. The first kappa shape index (κ1) is 19.9. The van der Waals surface area contributed by atoms with Crippen molar-refractivity contribution in [3.63, 3.8) is 0 Å². The molecule has 4 rings (SSSR count). The number of carbonyl (C=O) groups excluding carboxylic acids is 3. The Bertz CT molecular complexity index is 1280. The van der Waals surface area contributed by atoms with Gasteiger partial charge in [-0.05, 0) is 48.2 Å². The molecule has 1 saturated heterocycles. The molecule has 9 heteroatoms. The zero-order chi connectivity index (χ0) is 21.3. The van der Waals surface area contributed by atoms with E-state index in [2.05, 4.69) is 5.32 Å². The summed E-state index contributed by atoms with van der Waals surface area (Å²) in [6.45, 7) is -0.457. The molecule has 0 unspecified atom stereocenters. The topological polar surface area (TPSA) is 96.7 Å². The van der Waals surface area contributed by atoms with Crippen LogP contribution in [0.25, 0.3) is 17.0 Å². The SMILES string of the molecule is O=C(CN1C(=O)S/C(=C/c2cc3ccccc3oc2=O)C1=O)Nc1cccc(Cl)c1. The van der Waals surface area contributed by atoms with Crippen molar-refractivity contribution in [3.05, 3.63) is 80.5 Å². The molecule has 0 aliphatic carbocycles. The molecular weight excluding hydrogens is 428 g/mol. The Hall–Kier alpha value is -3.36. The first-order valence-electron chi connectivity index (χ1n) is 8.74. The van der Waals surface area contributed by atoms with Gasteiger partial charge in [0.05, 0.1) is 10.5 Å². The Kier molecular flexibility index (Phi) is 5.43. The molecule has 150 valence electrons. The van der Waals surface area contributed by atoms with E-state index in [1.807, 2.05) is 0 Å². The third-order valence-electron chi connectivity index (χ3n) is 4.24. The number of nitrogens with one attached hydrogen (secondary N) is 1. The number of amides is 3. The number of carbonyl (C=O) groups is 3. The maximum atomic E-state index is 12.6. The second-order valence-electron chi connectivity index (χ2n) is 6.35. The van der Waals surface area contributed by atoms with E-state index in [4.69, 9.17) is 16.0 Å². The van der Waals surface area contributed by atoms with E-state index in [1.165, 1.54) is 6.08 Å². The number of benzene rings is 2. The van der Waals surface area contributed by atoms with Gasteiger partial charge in [0.2, 0.25) is 5.91 Å². The molecule has 0 bridgehead atoms. The standard InChI is InChI=1S/C21H13ClN2O5S/c22-14-5-3-6-15(10-14)23-18(25)11-24-19(26)17(30-21(24)28)9-13-8-12-4-1-2-7-16(12)29-20(13)27/h1-10H,11H2,(H,23,25)/b17-9+. The van der Waals surface area contributed by atoms with Crippen LogP contribution in [0.15, 0.2) is 68.7 Å². The van der Waals surface area contributed by atoms with Crippen molar-refractivity contribution in [1.29, 1.82) is 0 Å². The number of nitrogens with zero attached hydrogens (tertiary/aromatic N) is 1. The van der Waals surface area contributed by atoms with Crippen LogP contribution in [0.4, 0.5) is 10.5 Å². The molecule has 2 aromatic carbocycles. The monoisotopic (exact) mass is 440 g/mol. The van der Waals surface area contributed by atoms with E-state index >= 15 is 0 Å². The highest BCUT2D eigenvalue weighted by Crippen LogP contribution is 2.32. The average molecular weight is 441 g/mol. The fourth-order valence-corrected chi connectivity index (χ4v) is 3.89. The van der Waals surface area contributed by atoms with Crippen molar-refractivity contribution in [3.8, 4) is 0 Å². The average Bonchev–Trinajstić information content (AvgIpc) is 2.96. The van der Waals surface area contributed by atoms with Crippen molar-refractivity contribution in [2.24, 2.45) is 0 Å². The first-order chi connectivity index (χ1) is 14.4. The van der Waals surface area contributed by atoms with Gasteiger partial charge in [-0.3, -0.25) is 19.3 Å². The van der Waals surface area contributed by atoms with Gasteiger partial charge in [0.15, 0.2) is 0 Å². The lowest BCUT2D eigenvalue weighted by atomic mass is 10.2. The molecule has 1 fully saturated rings. The molecule has 0 radical (unpaired) electrons. The van der Waals surface area contributed by atoms with Crippen molar-refractivity contribution in [2.75, 3.05) is 11.9 Å². The smallest absolute Gasteiger partial charge is 0.343 e. The maximum absolute atomic E-state index is 12.6. The van der Waals surface area contributed by atoms with Gasteiger partial charge in [0, 0.05) is 16.1 Å². The minimum absolute atomic E-state index is 0.0399. The van der Waals surface area contributed by atoms with Crippen molar-refractivity contribution < 1.29 is 18.8 Å². The van der Waals surface area contributed by atoms with Crippen LogP contribution < -0.4 is 10.9 Å². The molecule has 2 heterocycles. The molecule has 3 amide bonds. The summed E-state index contributed by atoms with van der Waals surface area (Å²) in [7, 11) is 0. The molecule has 0 saturated carbocycles. The predicted molar refractivity (Wildman–Crippen MR) is 115 cm³/mol. The summed E-state index contributed by atoms with van der Waals surface area (Å²) in [5.41, 5.74) is 0.385. The fourth-order valence-electron chi connectivity index (χ4n) is 2.87. The van der Waals surface area contributed by atoms with Gasteiger partial charge in [0.25, 0.3) is 11.1 Å². The zero-order valence-corrected chi connectivity index (χ0v) is 16.8. The second-order valence-corrected chi connectivity index (χ2v) is 7.78. The van der Waals surface area contributed by atoms with Crippen molar-refractivity contribution in [1.82, 2.24) is 4.90 Å². The van der Waals surface area contributed by atoms with Crippen LogP contribution in [0.2, 0.25) is 5.02 Å². The Morgan fingerprint density at radius 1 is 1.10 bits per heavy atom. The van der Waals surface area contributed by atoms with Gasteiger partial charge in [-0.1, -0.05) is 35.9 Å².